The largest absolute Gasteiger partial charge is 0.495 e. The van der Waals surface area contributed by atoms with Crippen LogP contribution in [0.5, 0.6) is 5.75 Å². The van der Waals surface area contributed by atoms with Gasteiger partial charge in [-0.15, -0.1) is 0 Å². The third-order valence-corrected chi connectivity index (χ3v) is 5.25. The van der Waals surface area contributed by atoms with E-state index in [1.54, 1.807) is 7.11 Å². The first-order valence-electron chi connectivity index (χ1n) is 9.30. The molecule has 6 heteroatoms. The predicted octanol–water partition coefficient (Wildman–Crippen LogP) is 5.34. The number of halogens is 1. The van der Waals surface area contributed by atoms with Gasteiger partial charge in [-0.3, -0.25) is 4.79 Å². The minimum Gasteiger partial charge on any atom is -0.495 e. The van der Waals surface area contributed by atoms with Gasteiger partial charge in [0.1, 0.15) is 11.4 Å². The lowest BCUT2D eigenvalue weighted by Crippen LogP contribution is -2.13. The molecule has 4 rings (SSSR count). The van der Waals surface area contributed by atoms with Crippen LogP contribution in [0.4, 0.5) is 5.69 Å². The van der Waals surface area contributed by atoms with Crippen molar-refractivity contribution in [2.24, 2.45) is 0 Å². The number of pyridine rings is 1. The van der Waals surface area contributed by atoms with Crippen LogP contribution in [0.1, 0.15) is 12.1 Å². The number of hydrogen-bond donors (Lipinski definition) is 1. The average molecular weight is 450 g/mol. The average Bonchev–Trinajstić information content (AvgIpc) is 3.12. The molecule has 0 aliphatic rings. The zero-order valence-electron chi connectivity index (χ0n) is 15.9. The molecule has 0 saturated heterocycles. The first-order chi connectivity index (χ1) is 14.2. The smallest absolute Gasteiger partial charge is 0.224 e. The first kappa shape index (κ1) is 19.2. The molecule has 0 fully saturated rings. The third-order valence-electron chi connectivity index (χ3n) is 4.72. The van der Waals surface area contributed by atoms with Crippen LogP contribution >= 0.6 is 15.9 Å². The Balaban J connectivity index is 1.59. The number of benzene rings is 2. The van der Waals surface area contributed by atoms with Crippen LogP contribution in [0, 0.1) is 0 Å². The fraction of sp³-hybridized carbons (Fsp3) is 0.130. The normalized spacial score (nSPS) is 10.8. The van der Waals surface area contributed by atoms with Gasteiger partial charge in [-0.05, 0) is 42.8 Å². The number of para-hydroxylation sites is 2. The van der Waals surface area contributed by atoms with Crippen molar-refractivity contribution in [2.75, 3.05) is 12.4 Å². The van der Waals surface area contributed by atoms with E-state index in [0.717, 1.165) is 27.1 Å². The van der Waals surface area contributed by atoms with Crippen LogP contribution in [0.3, 0.4) is 0 Å². The van der Waals surface area contributed by atoms with Crippen LogP contribution in [0.2, 0.25) is 0 Å². The fourth-order valence-electron chi connectivity index (χ4n) is 3.32. The maximum Gasteiger partial charge on any atom is 0.224 e. The summed E-state index contributed by atoms with van der Waals surface area (Å²) in [5.41, 5.74) is 4.47. The lowest BCUT2D eigenvalue weighted by Gasteiger charge is -2.10. The summed E-state index contributed by atoms with van der Waals surface area (Å²) >= 11 is 3.48. The molecule has 2 aromatic carbocycles. The van der Waals surface area contributed by atoms with E-state index >= 15 is 0 Å². The molecular weight excluding hydrogens is 430 g/mol. The maximum atomic E-state index is 12.6. The number of aryl methyl sites for hydroxylation is 1. The van der Waals surface area contributed by atoms with Crippen molar-refractivity contribution in [3.8, 4) is 17.0 Å². The highest BCUT2D eigenvalue weighted by Gasteiger charge is 2.16. The Hall–Kier alpha value is -3.12. The van der Waals surface area contributed by atoms with Gasteiger partial charge < -0.3 is 14.5 Å². The van der Waals surface area contributed by atoms with Crippen molar-refractivity contribution in [2.45, 2.75) is 12.8 Å². The summed E-state index contributed by atoms with van der Waals surface area (Å²) < 4.78 is 8.37. The number of nitrogens with zero attached hydrogens (tertiary/aromatic N) is 2. The number of nitrogens with one attached hydrogen (secondary N) is 1. The highest BCUT2D eigenvalue weighted by Crippen LogP contribution is 2.27. The van der Waals surface area contributed by atoms with Crippen molar-refractivity contribution in [1.29, 1.82) is 0 Å². The quantitative estimate of drug-likeness (QED) is 0.431. The number of hydrogen-bond acceptors (Lipinski definition) is 3. The Kier molecular flexibility index (Phi) is 5.62. The SMILES string of the molecule is COc1ccccc1NC(=O)CCc1c(-c2ccc(Br)cc2)nc2ccccn12. The second kappa shape index (κ2) is 8.49. The summed E-state index contributed by atoms with van der Waals surface area (Å²) in [5.74, 6) is 0.577. The highest BCUT2D eigenvalue weighted by atomic mass is 79.9. The molecule has 0 radical (unpaired) electrons. The molecule has 0 aliphatic carbocycles. The van der Waals surface area contributed by atoms with E-state index in [-0.39, 0.29) is 5.91 Å². The molecule has 0 bridgehead atoms. The minimum absolute atomic E-state index is 0.0675. The molecule has 0 saturated carbocycles. The van der Waals surface area contributed by atoms with Gasteiger partial charge in [-0.25, -0.2) is 4.98 Å². The van der Waals surface area contributed by atoms with E-state index in [0.29, 0.717) is 24.3 Å². The van der Waals surface area contributed by atoms with Gasteiger partial charge >= 0.3 is 0 Å². The molecule has 146 valence electrons. The molecule has 5 nitrogen and oxygen atoms in total. The Bertz CT molecular complexity index is 1150. The van der Waals surface area contributed by atoms with Crippen molar-refractivity contribution < 1.29 is 9.53 Å². The Morgan fingerprint density at radius 2 is 1.83 bits per heavy atom. The second-order valence-corrected chi connectivity index (χ2v) is 7.51. The summed E-state index contributed by atoms with van der Waals surface area (Å²) in [6.07, 6.45) is 2.89. The van der Waals surface area contributed by atoms with Gasteiger partial charge in [-0.2, -0.15) is 0 Å². The van der Waals surface area contributed by atoms with E-state index in [2.05, 4.69) is 21.2 Å². The number of imidazole rings is 1. The molecule has 0 unspecified atom stereocenters. The van der Waals surface area contributed by atoms with Crippen LogP contribution in [0.25, 0.3) is 16.9 Å². The standard InChI is InChI=1S/C23H20BrN3O2/c1-29-20-7-3-2-6-18(20)25-22(28)14-13-19-23(16-9-11-17(24)12-10-16)26-21-8-4-5-15-27(19)21/h2-12,15H,13-14H2,1H3,(H,25,28). The number of carbonyl (C=O) groups excluding carboxylic acids is 1. The number of carbonyl (C=O) groups is 1. The second-order valence-electron chi connectivity index (χ2n) is 6.59. The lowest BCUT2D eigenvalue weighted by molar-refractivity contribution is -0.116. The van der Waals surface area contributed by atoms with Crippen molar-refractivity contribution >= 4 is 33.2 Å². The van der Waals surface area contributed by atoms with E-state index in [4.69, 9.17) is 9.72 Å². The Labute approximate surface area is 177 Å². The summed E-state index contributed by atoms with van der Waals surface area (Å²) in [4.78, 5) is 17.4. The Morgan fingerprint density at radius 3 is 2.62 bits per heavy atom. The van der Waals surface area contributed by atoms with Crippen LogP contribution in [-0.4, -0.2) is 22.4 Å². The number of amides is 1. The topological polar surface area (TPSA) is 55.6 Å². The number of anilines is 1. The van der Waals surface area contributed by atoms with E-state index in [9.17, 15) is 4.79 Å². The molecular formula is C23H20BrN3O2. The van der Waals surface area contributed by atoms with Crippen molar-refractivity contribution in [3.63, 3.8) is 0 Å². The molecule has 2 aromatic heterocycles. The molecule has 1 amide bonds. The monoisotopic (exact) mass is 449 g/mol. The predicted molar refractivity (Wildman–Crippen MR) is 118 cm³/mol. The number of rotatable bonds is 6. The van der Waals surface area contributed by atoms with Gasteiger partial charge in [-0.1, -0.05) is 46.3 Å². The first-order valence-corrected chi connectivity index (χ1v) is 10.1. The fourth-order valence-corrected chi connectivity index (χ4v) is 3.58. The van der Waals surface area contributed by atoms with Gasteiger partial charge in [0.2, 0.25) is 5.91 Å². The lowest BCUT2D eigenvalue weighted by atomic mass is 10.1. The molecule has 4 aromatic rings. The van der Waals surface area contributed by atoms with E-state index in [1.807, 2.05) is 77.3 Å². The minimum atomic E-state index is -0.0675. The molecule has 0 atom stereocenters. The molecule has 2 heterocycles. The zero-order valence-corrected chi connectivity index (χ0v) is 17.5. The summed E-state index contributed by atoms with van der Waals surface area (Å²) in [5, 5.41) is 2.94. The number of fused-ring (bicyclic) bond motifs is 1. The number of methoxy groups -OCH3 is 1. The molecule has 1 N–H and O–H groups in total. The Morgan fingerprint density at radius 1 is 1.07 bits per heavy atom. The van der Waals surface area contributed by atoms with Gasteiger partial charge in [0.15, 0.2) is 0 Å². The summed E-state index contributed by atoms with van der Waals surface area (Å²) in [7, 11) is 1.59. The third kappa shape index (κ3) is 4.17. The molecule has 0 spiro atoms. The van der Waals surface area contributed by atoms with Gasteiger partial charge in [0.05, 0.1) is 24.2 Å². The molecule has 0 aliphatic heterocycles. The van der Waals surface area contributed by atoms with Crippen LogP contribution in [-0.2, 0) is 11.2 Å². The number of aromatic nitrogens is 2. The van der Waals surface area contributed by atoms with Crippen LogP contribution in [0.15, 0.2) is 77.4 Å². The maximum absolute atomic E-state index is 12.6. The molecule has 29 heavy (non-hydrogen) atoms. The van der Waals surface area contributed by atoms with Gasteiger partial charge in [0, 0.05) is 22.7 Å². The van der Waals surface area contributed by atoms with E-state index < -0.39 is 0 Å². The van der Waals surface area contributed by atoms with Crippen LogP contribution < -0.4 is 10.1 Å². The summed E-state index contributed by atoms with van der Waals surface area (Å²) in [6.45, 7) is 0. The van der Waals surface area contributed by atoms with Crippen molar-refractivity contribution in [1.82, 2.24) is 9.38 Å². The van der Waals surface area contributed by atoms with E-state index in [1.165, 1.54) is 0 Å². The van der Waals surface area contributed by atoms with Gasteiger partial charge in [0.25, 0.3) is 0 Å². The zero-order chi connectivity index (χ0) is 20.2. The number of ether oxygens (including phenoxy) is 1. The highest BCUT2D eigenvalue weighted by molar-refractivity contribution is 9.10. The summed E-state index contributed by atoms with van der Waals surface area (Å²) in [6, 6.07) is 21.4. The van der Waals surface area contributed by atoms with Crippen molar-refractivity contribution in [3.05, 3.63) is 83.1 Å².